The van der Waals surface area contributed by atoms with E-state index in [1.807, 2.05) is 84.9 Å². The number of halogens is 3. The number of pyridine rings is 1. The van der Waals surface area contributed by atoms with Crippen LogP contribution in [0.2, 0.25) is 0 Å². The van der Waals surface area contributed by atoms with Gasteiger partial charge in [-0.05, 0) is 70.3 Å². The first-order valence-electron chi connectivity index (χ1n) is 15.7. The molecule has 1 atom stereocenters. The molecule has 0 aliphatic heterocycles. The second-order valence-electron chi connectivity index (χ2n) is 11.7. The summed E-state index contributed by atoms with van der Waals surface area (Å²) in [6.07, 6.45) is -4.45. The highest BCUT2D eigenvalue weighted by molar-refractivity contribution is 6.08. The zero-order valence-corrected chi connectivity index (χ0v) is 26.6. The van der Waals surface area contributed by atoms with E-state index in [4.69, 9.17) is 0 Å². The Labute approximate surface area is 282 Å². The van der Waals surface area contributed by atoms with Gasteiger partial charge in [0.15, 0.2) is 0 Å². The van der Waals surface area contributed by atoms with E-state index in [0.29, 0.717) is 41.1 Å². The van der Waals surface area contributed by atoms with Gasteiger partial charge in [-0.2, -0.15) is 13.2 Å². The minimum absolute atomic E-state index is 0.0437. The molecule has 0 spiro atoms. The number of hydrogen-bond donors (Lipinski definition) is 2. The summed E-state index contributed by atoms with van der Waals surface area (Å²) >= 11 is 0. The topological polar surface area (TPSA) is 74.3 Å². The number of nitrogens with zero attached hydrogens (tertiary/aromatic N) is 2. The summed E-state index contributed by atoms with van der Waals surface area (Å²) in [6.45, 7) is 0.922. The van der Waals surface area contributed by atoms with Crippen LogP contribution >= 0.6 is 0 Å². The summed E-state index contributed by atoms with van der Waals surface area (Å²) in [6, 6.07) is 39.7. The Hall–Kier alpha value is -5.80. The van der Waals surface area contributed by atoms with E-state index in [9.17, 15) is 22.8 Å². The SMILES string of the molecule is CN(Cc1ccccc1)C(=O)[C@@H](NCc1ccc2nc(NC(=O)c3ccccc3-c3ccc(C(F)(F)F)cc3)ccc2c1)c1ccccc1. The monoisotopic (exact) mass is 658 g/mol. The second-order valence-corrected chi connectivity index (χ2v) is 11.7. The smallest absolute Gasteiger partial charge is 0.340 e. The van der Waals surface area contributed by atoms with Crippen molar-refractivity contribution in [3.05, 3.63) is 167 Å². The van der Waals surface area contributed by atoms with Gasteiger partial charge in [0.25, 0.3) is 5.91 Å². The lowest BCUT2D eigenvalue weighted by Crippen LogP contribution is -2.38. The molecule has 0 bridgehead atoms. The zero-order valence-electron chi connectivity index (χ0n) is 26.6. The Kier molecular flexibility index (Phi) is 9.82. The van der Waals surface area contributed by atoms with Gasteiger partial charge in [0.2, 0.25) is 5.91 Å². The molecule has 1 aromatic heterocycles. The lowest BCUT2D eigenvalue weighted by atomic mass is 9.98. The highest BCUT2D eigenvalue weighted by atomic mass is 19.4. The molecule has 0 aliphatic carbocycles. The molecule has 2 N–H and O–H groups in total. The predicted molar refractivity (Wildman–Crippen MR) is 186 cm³/mol. The third-order valence-electron chi connectivity index (χ3n) is 8.22. The van der Waals surface area contributed by atoms with Crippen LogP contribution in [0, 0.1) is 0 Å². The number of carbonyl (C=O) groups is 2. The Balaban J connectivity index is 1.15. The normalized spacial score (nSPS) is 12.0. The maximum Gasteiger partial charge on any atom is 0.416 e. The number of nitrogens with one attached hydrogen (secondary N) is 2. The van der Waals surface area contributed by atoms with Gasteiger partial charge in [0.1, 0.15) is 11.9 Å². The molecular formula is C40H33F3N4O2. The number of alkyl halides is 3. The van der Waals surface area contributed by atoms with Crippen LogP contribution in [0.4, 0.5) is 19.0 Å². The Bertz CT molecular complexity index is 2070. The van der Waals surface area contributed by atoms with Crippen molar-refractivity contribution >= 4 is 28.5 Å². The number of fused-ring (bicyclic) bond motifs is 1. The summed E-state index contributed by atoms with van der Waals surface area (Å²) in [5, 5.41) is 7.12. The number of amides is 2. The number of benzene rings is 5. The standard InChI is InChI=1S/C40H33F3N4O2/c1-47(26-27-10-4-2-5-11-27)39(49)37(30-12-6-3-7-13-30)44-25-28-16-22-35-31(24-28)19-23-36(45-35)46-38(48)34-15-9-8-14-33(34)29-17-20-32(21-18-29)40(41,42)43/h2-24,37,44H,25-26H2,1H3,(H,45,46,48)/t37-/m0/s1. The fourth-order valence-electron chi connectivity index (χ4n) is 5.68. The average molecular weight is 659 g/mol. The summed E-state index contributed by atoms with van der Waals surface area (Å²) in [7, 11) is 1.80. The van der Waals surface area contributed by atoms with Gasteiger partial charge in [0.05, 0.1) is 11.1 Å². The van der Waals surface area contributed by atoms with Gasteiger partial charge in [0, 0.05) is 31.1 Å². The summed E-state index contributed by atoms with van der Waals surface area (Å²) in [5.74, 6) is -0.142. The molecule has 0 saturated carbocycles. The van der Waals surface area contributed by atoms with E-state index in [2.05, 4.69) is 15.6 Å². The van der Waals surface area contributed by atoms with Crippen LogP contribution in [0.3, 0.4) is 0 Å². The van der Waals surface area contributed by atoms with Crippen molar-refractivity contribution in [2.24, 2.45) is 0 Å². The second kappa shape index (κ2) is 14.5. The fourth-order valence-corrected chi connectivity index (χ4v) is 5.68. The quantitative estimate of drug-likeness (QED) is 0.155. The number of hydrogen-bond acceptors (Lipinski definition) is 4. The summed E-state index contributed by atoms with van der Waals surface area (Å²) < 4.78 is 39.2. The van der Waals surface area contributed by atoms with Crippen LogP contribution in [0.15, 0.2) is 140 Å². The van der Waals surface area contributed by atoms with Crippen molar-refractivity contribution in [3.8, 4) is 11.1 Å². The lowest BCUT2D eigenvalue weighted by Gasteiger charge is -2.25. The van der Waals surface area contributed by atoms with Crippen LogP contribution in [0.1, 0.15) is 38.7 Å². The number of rotatable bonds is 10. The third kappa shape index (κ3) is 8.02. The molecule has 6 rings (SSSR count). The van der Waals surface area contributed by atoms with Gasteiger partial charge in [-0.25, -0.2) is 4.98 Å². The maximum absolute atomic E-state index is 13.6. The summed E-state index contributed by atoms with van der Waals surface area (Å²) in [5.41, 5.74) is 4.08. The van der Waals surface area contributed by atoms with Crippen LogP contribution in [-0.4, -0.2) is 28.7 Å². The van der Waals surface area contributed by atoms with Crippen molar-refractivity contribution < 1.29 is 22.8 Å². The van der Waals surface area contributed by atoms with Crippen LogP contribution in [0.25, 0.3) is 22.0 Å². The van der Waals surface area contributed by atoms with Gasteiger partial charge in [-0.1, -0.05) is 97.1 Å². The molecule has 6 nitrogen and oxygen atoms in total. The first-order valence-corrected chi connectivity index (χ1v) is 15.7. The van der Waals surface area contributed by atoms with E-state index in [-0.39, 0.29) is 5.91 Å². The number of anilines is 1. The van der Waals surface area contributed by atoms with E-state index in [1.165, 1.54) is 12.1 Å². The number of aromatic nitrogens is 1. The molecule has 0 unspecified atom stereocenters. The maximum atomic E-state index is 13.6. The molecule has 49 heavy (non-hydrogen) atoms. The van der Waals surface area contributed by atoms with Crippen molar-refractivity contribution in [1.82, 2.24) is 15.2 Å². The van der Waals surface area contributed by atoms with E-state index < -0.39 is 23.7 Å². The van der Waals surface area contributed by atoms with Gasteiger partial charge in [-0.15, -0.1) is 0 Å². The molecule has 246 valence electrons. The van der Waals surface area contributed by atoms with Gasteiger partial charge >= 0.3 is 6.18 Å². The molecule has 0 aliphatic rings. The highest BCUT2D eigenvalue weighted by Crippen LogP contribution is 2.32. The van der Waals surface area contributed by atoms with E-state index in [1.54, 1.807) is 42.3 Å². The lowest BCUT2D eigenvalue weighted by molar-refractivity contribution is -0.137. The molecule has 0 fully saturated rings. The van der Waals surface area contributed by atoms with Crippen molar-refractivity contribution in [2.75, 3.05) is 12.4 Å². The Morgan fingerprint density at radius 1 is 0.755 bits per heavy atom. The zero-order chi connectivity index (χ0) is 34.4. The van der Waals surface area contributed by atoms with E-state index in [0.717, 1.165) is 34.2 Å². The van der Waals surface area contributed by atoms with Crippen LogP contribution in [0.5, 0.6) is 0 Å². The highest BCUT2D eigenvalue weighted by Gasteiger charge is 2.30. The average Bonchev–Trinajstić information content (AvgIpc) is 3.12. The van der Waals surface area contributed by atoms with Crippen molar-refractivity contribution in [3.63, 3.8) is 0 Å². The van der Waals surface area contributed by atoms with Gasteiger partial charge < -0.3 is 10.2 Å². The largest absolute Gasteiger partial charge is 0.416 e. The molecule has 0 saturated heterocycles. The molecule has 0 radical (unpaired) electrons. The summed E-state index contributed by atoms with van der Waals surface area (Å²) in [4.78, 5) is 33.3. The first kappa shape index (κ1) is 33.1. The minimum Gasteiger partial charge on any atom is -0.340 e. The predicted octanol–water partition coefficient (Wildman–Crippen LogP) is 8.66. The molecule has 6 aromatic rings. The Morgan fingerprint density at radius 3 is 2.14 bits per heavy atom. The fraction of sp³-hybridized carbons (Fsp3) is 0.125. The molecule has 5 aromatic carbocycles. The molecular weight excluding hydrogens is 625 g/mol. The molecule has 1 heterocycles. The van der Waals surface area contributed by atoms with Crippen LogP contribution < -0.4 is 10.6 Å². The third-order valence-corrected chi connectivity index (χ3v) is 8.22. The van der Waals surface area contributed by atoms with E-state index >= 15 is 0 Å². The van der Waals surface area contributed by atoms with Gasteiger partial charge in [-0.3, -0.25) is 14.9 Å². The number of carbonyl (C=O) groups excluding carboxylic acids is 2. The number of likely N-dealkylation sites (N-methyl/N-ethyl adjacent to an activating group) is 1. The van der Waals surface area contributed by atoms with Crippen molar-refractivity contribution in [1.29, 1.82) is 0 Å². The molecule has 9 heteroatoms. The molecule has 2 amide bonds. The Morgan fingerprint density at radius 2 is 1.43 bits per heavy atom. The van der Waals surface area contributed by atoms with Crippen molar-refractivity contribution in [2.45, 2.75) is 25.3 Å². The first-order chi connectivity index (χ1) is 23.7. The van der Waals surface area contributed by atoms with Crippen LogP contribution in [-0.2, 0) is 24.1 Å². The minimum atomic E-state index is -4.45.